The van der Waals surface area contributed by atoms with Crippen LogP contribution in [0.1, 0.15) is 37.1 Å². The molecule has 3 aromatic heterocycles. The van der Waals surface area contributed by atoms with Crippen LogP contribution in [-0.4, -0.2) is 72.9 Å². The van der Waals surface area contributed by atoms with Gasteiger partial charge in [-0.05, 0) is 29.2 Å². The number of fused-ring (bicyclic) bond motifs is 2. The van der Waals surface area contributed by atoms with E-state index in [1.165, 1.54) is 12.5 Å². The molecule has 5 aromatic rings. The standard InChI is InChI=1S/C34H40N8O5/c1-3-19(2)30(35)33(45)41-28(13-21-16-38-26-11-7-5-9-24(21)26)31(43)40-27(12-20-15-37-25-10-6-4-8-23(20)25)32(44)42-29(34(46)47)14-22-17-36-18-39-22/h4-11,15-19,27-30,37-38H,3,12-14,35H2,1-2H3,(H,36,39)(H,40,43)(H,41,45)(H,42,44)(H,46,47). The van der Waals surface area contributed by atoms with Crippen LogP contribution in [0.5, 0.6) is 0 Å². The monoisotopic (exact) mass is 640 g/mol. The lowest BCUT2D eigenvalue weighted by atomic mass is 9.97. The molecule has 5 atom stereocenters. The number of benzene rings is 2. The van der Waals surface area contributed by atoms with Crippen molar-refractivity contribution in [1.29, 1.82) is 0 Å². The van der Waals surface area contributed by atoms with Crippen LogP contribution in [-0.2, 0) is 38.4 Å². The van der Waals surface area contributed by atoms with Gasteiger partial charge in [-0.25, -0.2) is 9.78 Å². The van der Waals surface area contributed by atoms with Crippen LogP contribution >= 0.6 is 0 Å². The number of amides is 3. The van der Waals surface area contributed by atoms with E-state index in [0.717, 1.165) is 32.9 Å². The highest BCUT2D eigenvalue weighted by atomic mass is 16.4. The van der Waals surface area contributed by atoms with Crippen LogP contribution in [0.4, 0.5) is 0 Å². The number of hydrogen-bond donors (Lipinski definition) is 8. The van der Waals surface area contributed by atoms with Crippen LogP contribution in [0.3, 0.4) is 0 Å². The van der Waals surface area contributed by atoms with Crippen molar-refractivity contribution < 1.29 is 24.3 Å². The first-order valence-corrected chi connectivity index (χ1v) is 15.6. The first kappa shape index (κ1) is 32.9. The predicted octanol–water partition coefficient (Wildman–Crippen LogP) is 2.31. The maximum Gasteiger partial charge on any atom is 0.326 e. The molecule has 5 unspecified atom stereocenters. The average Bonchev–Trinajstić information content (AvgIpc) is 3.84. The van der Waals surface area contributed by atoms with Crippen LogP contribution in [0, 0.1) is 5.92 Å². The van der Waals surface area contributed by atoms with Crippen molar-refractivity contribution in [3.63, 3.8) is 0 Å². The van der Waals surface area contributed by atoms with E-state index in [2.05, 4.69) is 35.9 Å². The number of imidazole rings is 1. The number of carboxylic acid groups (broad SMARTS) is 1. The molecule has 13 heteroatoms. The number of para-hydroxylation sites is 2. The molecule has 3 amide bonds. The molecule has 47 heavy (non-hydrogen) atoms. The molecular formula is C34H40N8O5. The predicted molar refractivity (Wildman–Crippen MR) is 177 cm³/mol. The van der Waals surface area contributed by atoms with E-state index >= 15 is 0 Å². The highest BCUT2D eigenvalue weighted by Gasteiger charge is 2.32. The van der Waals surface area contributed by atoms with Gasteiger partial charge in [-0.15, -0.1) is 0 Å². The third kappa shape index (κ3) is 7.87. The van der Waals surface area contributed by atoms with E-state index in [0.29, 0.717) is 12.1 Å². The largest absolute Gasteiger partial charge is 0.480 e. The maximum absolute atomic E-state index is 14.1. The number of nitrogens with zero attached hydrogens (tertiary/aromatic N) is 1. The molecule has 3 heterocycles. The second kappa shape index (κ2) is 14.8. The minimum Gasteiger partial charge on any atom is -0.480 e. The van der Waals surface area contributed by atoms with Crippen LogP contribution in [0.2, 0.25) is 0 Å². The number of carbonyl (C=O) groups is 4. The summed E-state index contributed by atoms with van der Waals surface area (Å²) in [5.74, 6) is -3.16. The zero-order valence-electron chi connectivity index (χ0n) is 26.2. The van der Waals surface area contributed by atoms with Gasteiger partial charge in [0.15, 0.2) is 0 Å². The van der Waals surface area contributed by atoms with Gasteiger partial charge in [0.2, 0.25) is 17.7 Å². The van der Waals surface area contributed by atoms with E-state index in [1.54, 1.807) is 12.4 Å². The molecule has 2 aromatic carbocycles. The van der Waals surface area contributed by atoms with Crippen LogP contribution < -0.4 is 21.7 Å². The Bertz CT molecular complexity index is 1850. The zero-order chi connectivity index (χ0) is 33.5. The van der Waals surface area contributed by atoms with Crippen molar-refractivity contribution in [3.05, 3.63) is 90.3 Å². The summed E-state index contributed by atoms with van der Waals surface area (Å²) in [5, 5.41) is 19.9. The fraction of sp³-hybridized carbons (Fsp3) is 0.324. The fourth-order valence-electron chi connectivity index (χ4n) is 5.60. The van der Waals surface area contributed by atoms with Crippen molar-refractivity contribution >= 4 is 45.5 Å². The van der Waals surface area contributed by atoms with Gasteiger partial charge in [-0.2, -0.15) is 0 Å². The van der Waals surface area contributed by atoms with Gasteiger partial charge in [0, 0.05) is 65.4 Å². The lowest BCUT2D eigenvalue weighted by Crippen LogP contribution is -2.58. The molecule has 0 saturated carbocycles. The molecule has 0 aliphatic heterocycles. The van der Waals surface area contributed by atoms with Gasteiger partial charge in [-0.3, -0.25) is 14.4 Å². The molecule has 0 bridgehead atoms. The molecule has 0 aliphatic carbocycles. The lowest BCUT2D eigenvalue weighted by molar-refractivity contribution is -0.142. The molecule has 0 aliphatic rings. The SMILES string of the molecule is CCC(C)C(N)C(=O)NC(Cc1c[nH]c2ccccc12)C(=O)NC(Cc1c[nH]c2ccccc12)C(=O)NC(Cc1cnc[nH]1)C(=O)O. The molecule has 0 spiro atoms. The van der Waals surface area contributed by atoms with Crippen molar-refractivity contribution in [2.75, 3.05) is 0 Å². The Labute approximate surface area is 271 Å². The number of nitrogens with two attached hydrogens (primary N) is 1. The topological polar surface area (TPSA) is 211 Å². The number of carbonyl (C=O) groups excluding carboxylic acids is 3. The lowest BCUT2D eigenvalue weighted by Gasteiger charge is -2.26. The van der Waals surface area contributed by atoms with E-state index < -0.39 is 47.9 Å². The molecule has 13 nitrogen and oxygen atoms in total. The number of aliphatic carboxylic acids is 1. The average molecular weight is 641 g/mol. The smallest absolute Gasteiger partial charge is 0.326 e. The van der Waals surface area contributed by atoms with Gasteiger partial charge >= 0.3 is 5.97 Å². The van der Waals surface area contributed by atoms with Gasteiger partial charge in [0.25, 0.3) is 0 Å². The van der Waals surface area contributed by atoms with E-state index in [1.807, 2.05) is 62.4 Å². The second-order valence-electron chi connectivity index (χ2n) is 11.8. The molecular weight excluding hydrogens is 600 g/mol. The number of rotatable bonds is 15. The first-order valence-electron chi connectivity index (χ1n) is 15.6. The van der Waals surface area contributed by atoms with Crippen LogP contribution in [0.15, 0.2) is 73.4 Å². The number of H-pyrrole nitrogens is 3. The van der Waals surface area contributed by atoms with E-state index in [9.17, 15) is 24.3 Å². The molecule has 0 radical (unpaired) electrons. The van der Waals surface area contributed by atoms with E-state index in [4.69, 9.17) is 5.73 Å². The number of aromatic nitrogens is 4. The summed E-state index contributed by atoms with van der Waals surface area (Å²) in [4.78, 5) is 66.5. The second-order valence-corrected chi connectivity index (χ2v) is 11.8. The summed E-state index contributed by atoms with van der Waals surface area (Å²) >= 11 is 0. The molecule has 0 saturated heterocycles. The van der Waals surface area contributed by atoms with Crippen molar-refractivity contribution in [3.8, 4) is 0 Å². The van der Waals surface area contributed by atoms with Crippen molar-refractivity contribution in [1.82, 2.24) is 35.9 Å². The van der Waals surface area contributed by atoms with Gasteiger partial charge in [0.1, 0.15) is 18.1 Å². The number of aromatic amines is 3. The fourth-order valence-corrected chi connectivity index (χ4v) is 5.60. The highest BCUT2D eigenvalue weighted by molar-refractivity contribution is 5.95. The highest BCUT2D eigenvalue weighted by Crippen LogP contribution is 2.21. The summed E-state index contributed by atoms with van der Waals surface area (Å²) in [6, 6.07) is 10.7. The summed E-state index contributed by atoms with van der Waals surface area (Å²) in [6.07, 6.45) is 7.25. The van der Waals surface area contributed by atoms with Crippen molar-refractivity contribution in [2.24, 2.45) is 11.7 Å². The van der Waals surface area contributed by atoms with Gasteiger partial charge in [-0.1, -0.05) is 56.7 Å². The Kier molecular flexibility index (Phi) is 10.4. The minimum absolute atomic E-state index is 0.0401. The normalized spacial score (nSPS) is 14.6. The minimum atomic E-state index is -1.29. The van der Waals surface area contributed by atoms with Gasteiger partial charge < -0.3 is 41.7 Å². The molecule has 5 rings (SSSR count). The van der Waals surface area contributed by atoms with Crippen molar-refractivity contribution in [2.45, 2.75) is 63.7 Å². The van der Waals surface area contributed by atoms with E-state index in [-0.39, 0.29) is 25.2 Å². The Morgan fingerprint density at radius 3 is 1.77 bits per heavy atom. The number of carboxylic acids is 1. The quantitative estimate of drug-likeness (QED) is 0.0855. The van der Waals surface area contributed by atoms with Gasteiger partial charge in [0.05, 0.1) is 12.4 Å². The third-order valence-corrected chi connectivity index (χ3v) is 8.62. The zero-order valence-corrected chi connectivity index (χ0v) is 26.2. The molecule has 9 N–H and O–H groups in total. The summed E-state index contributed by atoms with van der Waals surface area (Å²) in [7, 11) is 0. The Hall–Kier alpha value is -5.43. The molecule has 246 valence electrons. The van der Waals surface area contributed by atoms with Crippen LogP contribution in [0.25, 0.3) is 21.8 Å². The summed E-state index contributed by atoms with van der Waals surface area (Å²) < 4.78 is 0. The Morgan fingerprint density at radius 1 is 0.766 bits per heavy atom. The number of nitrogens with one attached hydrogen (secondary N) is 6. The summed E-state index contributed by atoms with van der Waals surface area (Å²) in [5.41, 5.74) is 10.0. The Balaban J connectivity index is 1.44. The number of hydrogen-bond acceptors (Lipinski definition) is 6. The summed E-state index contributed by atoms with van der Waals surface area (Å²) in [6.45, 7) is 3.79. The molecule has 0 fully saturated rings. The third-order valence-electron chi connectivity index (χ3n) is 8.62. The Morgan fingerprint density at radius 2 is 1.28 bits per heavy atom. The maximum atomic E-state index is 14.1. The first-order chi connectivity index (χ1) is 22.6.